The van der Waals surface area contributed by atoms with E-state index in [1.54, 1.807) is 19.1 Å². The fourth-order valence-electron chi connectivity index (χ4n) is 2.37. The highest BCUT2D eigenvalue weighted by molar-refractivity contribution is 7.14. The Morgan fingerprint density at radius 3 is 3.10 bits per heavy atom. The molecule has 1 unspecified atom stereocenters. The molecule has 2 heterocycles. The Hall–Kier alpha value is -1.79. The third-order valence-electron chi connectivity index (χ3n) is 3.56. The number of carbonyl (C=O) groups excluding carboxylic acids is 1. The zero-order valence-electron chi connectivity index (χ0n) is 11.6. The molecule has 2 N–H and O–H groups in total. The number of aromatic nitrogens is 1. The van der Waals surface area contributed by atoms with Crippen molar-refractivity contribution in [3.63, 3.8) is 0 Å². The summed E-state index contributed by atoms with van der Waals surface area (Å²) in [6, 6.07) is 4.77. The quantitative estimate of drug-likeness (QED) is 0.916. The second-order valence-corrected chi connectivity index (χ2v) is 6.00. The molecule has 1 atom stereocenters. The number of aryl methyl sites for hydroxylation is 1. The highest BCUT2D eigenvalue weighted by atomic mass is 32.1. The van der Waals surface area contributed by atoms with Gasteiger partial charge in [0.15, 0.2) is 5.13 Å². The van der Waals surface area contributed by atoms with Crippen LogP contribution in [-0.2, 0) is 4.79 Å². The molecular formula is C15H16FN3OS. The summed E-state index contributed by atoms with van der Waals surface area (Å²) in [5, 5.41) is 8.42. The lowest BCUT2D eigenvalue weighted by atomic mass is 10.1. The SMILES string of the molecule is Cc1cc(-c2csc(NC(=O)C3CCCN3)n2)ccc1F. The molecule has 0 aliphatic carbocycles. The zero-order chi connectivity index (χ0) is 14.8. The average molecular weight is 305 g/mol. The lowest BCUT2D eigenvalue weighted by molar-refractivity contribution is -0.117. The molecule has 21 heavy (non-hydrogen) atoms. The molecule has 1 aromatic heterocycles. The molecule has 1 aromatic carbocycles. The topological polar surface area (TPSA) is 54.0 Å². The van der Waals surface area contributed by atoms with E-state index in [9.17, 15) is 9.18 Å². The normalized spacial score (nSPS) is 17.9. The molecule has 1 amide bonds. The Balaban J connectivity index is 1.73. The first-order chi connectivity index (χ1) is 10.1. The van der Waals surface area contributed by atoms with E-state index < -0.39 is 0 Å². The fraction of sp³-hybridized carbons (Fsp3) is 0.333. The average Bonchev–Trinajstić information content (AvgIpc) is 3.12. The molecule has 1 aliphatic heterocycles. The maximum absolute atomic E-state index is 13.3. The van der Waals surface area contributed by atoms with Gasteiger partial charge in [0, 0.05) is 10.9 Å². The number of anilines is 1. The molecule has 1 fully saturated rings. The third kappa shape index (κ3) is 3.11. The van der Waals surface area contributed by atoms with Crippen LogP contribution in [0.1, 0.15) is 18.4 Å². The van der Waals surface area contributed by atoms with Crippen LogP contribution in [0.5, 0.6) is 0 Å². The summed E-state index contributed by atoms with van der Waals surface area (Å²) in [6.45, 7) is 2.61. The summed E-state index contributed by atoms with van der Waals surface area (Å²) in [4.78, 5) is 16.4. The Kier molecular flexibility index (Phi) is 3.98. The molecule has 1 saturated heterocycles. The van der Waals surface area contributed by atoms with Crippen molar-refractivity contribution in [1.82, 2.24) is 10.3 Å². The maximum atomic E-state index is 13.3. The number of hydrogen-bond acceptors (Lipinski definition) is 4. The van der Waals surface area contributed by atoms with Gasteiger partial charge in [-0.05, 0) is 50.1 Å². The summed E-state index contributed by atoms with van der Waals surface area (Å²) in [5.74, 6) is -0.265. The molecule has 3 rings (SSSR count). The number of amides is 1. The Morgan fingerprint density at radius 2 is 2.38 bits per heavy atom. The standard InChI is InChI=1S/C15H16FN3OS/c1-9-7-10(4-5-11(9)16)13-8-21-15(18-13)19-14(20)12-3-2-6-17-12/h4-5,7-8,12,17H,2-3,6H2,1H3,(H,18,19,20). The lowest BCUT2D eigenvalue weighted by Gasteiger charge is -2.08. The highest BCUT2D eigenvalue weighted by Gasteiger charge is 2.22. The third-order valence-corrected chi connectivity index (χ3v) is 4.32. The molecule has 0 saturated carbocycles. The molecule has 4 nitrogen and oxygen atoms in total. The molecular weight excluding hydrogens is 289 g/mol. The van der Waals surface area contributed by atoms with Gasteiger partial charge in [-0.3, -0.25) is 4.79 Å². The van der Waals surface area contributed by atoms with Crippen LogP contribution in [0, 0.1) is 12.7 Å². The van der Waals surface area contributed by atoms with E-state index in [1.807, 2.05) is 5.38 Å². The Morgan fingerprint density at radius 1 is 1.52 bits per heavy atom. The van der Waals surface area contributed by atoms with Crippen LogP contribution in [0.2, 0.25) is 0 Å². The lowest BCUT2D eigenvalue weighted by Crippen LogP contribution is -2.35. The van der Waals surface area contributed by atoms with Crippen LogP contribution >= 0.6 is 11.3 Å². The van der Waals surface area contributed by atoms with Crippen LogP contribution in [0.4, 0.5) is 9.52 Å². The first-order valence-electron chi connectivity index (χ1n) is 6.90. The minimum absolute atomic E-state index is 0.0383. The van der Waals surface area contributed by atoms with E-state index in [4.69, 9.17) is 0 Å². The molecule has 110 valence electrons. The second kappa shape index (κ2) is 5.91. The van der Waals surface area contributed by atoms with E-state index >= 15 is 0 Å². The van der Waals surface area contributed by atoms with Crippen LogP contribution in [-0.4, -0.2) is 23.5 Å². The predicted molar refractivity (Wildman–Crippen MR) is 81.9 cm³/mol. The van der Waals surface area contributed by atoms with E-state index in [2.05, 4.69) is 15.6 Å². The summed E-state index contributed by atoms with van der Waals surface area (Å²) < 4.78 is 13.3. The van der Waals surface area contributed by atoms with Gasteiger partial charge in [-0.15, -0.1) is 11.3 Å². The number of thiazole rings is 1. The molecule has 2 aromatic rings. The Bertz CT molecular complexity index is 665. The molecule has 0 radical (unpaired) electrons. The van der Waals surface area contributed by atoms with E-state index in [-0.39, 0.29) is 17.8 Å². The number of halogens is 1. The van der Waals surface area contributed by atoms with Crippen molar-refractivity contribution in [1.29, 1.82) is 0 Å². The van der Waals surface area contributed by atoms with Gasteiger partial charge in [0.25, 0.3) is 0 Å². The van der Waals surface area contributed by atoms with Crippen molar-refractivity contribution in [3.05, 3.63) is 35.0 Å². The number of benzene rings is 1. The summed E-state index contributed by atoms with van der Waals surface area (Å²) in [7, 11) is 0. The van der Waals surface area contributed by atoms with Crippen molar-refractivity contribution < 1.29 is 9.18 Å². The highest BCUT2D eigenvalue weighted by Crippen LogP contribution is 2.26. The second-order valence-electron chi connectivity index (χ2n) is 5.14. The van der Waals surface area contributed by atoms with E-state index in [0.717, 1.165) is 30.6 Å². The van der Waals surface area contributed by atoms with Gasteiger partial charge in [-0.25, -0.2) is 9.37 Å². The zero-order valence-corrected chi connectivity index (χ0v) is 12.5. The largest absolute Gasteiger partial charge is 0.306 e. The molecule has 6 heteroatoms. The van der Waals surface area contributed by atoms with Crippen LogP contribution in [0.3, 0.4) is 0 Å². The van der Waals surface area contributed by atoms with Crippen molar-refractivity contribution in [2.45, 2.75) is 25.8 Å². The van der Waals surface area contributed by atoms with Crippen LogP contribution in [0.15, 0.2) is 23.6 Å². The van der Waals surface area contributed by atoms with Crippen molar-refractivity contribution in [3.8, 4) is 11.3 Å². The number of rotatable bonds is 3. The predicted octanol–water partition coefficient (Wildman–Crippen LogP) is 2.95. The van der Waals surface area contributed by atoms with Gasteiger partial charge in [-0.2, -0.15) is 0 Å². The molecule has 0 bridgehead atoms. The summed E-state index contributed by atoms with van der Waals surface area (Å²) >= 11 is 1.38. The van der Waals surface area contributed by atoms with Gasteiger partial charge < -0.3 is 10.6 Å². The minimum Gasteiger partial charge on any atom is -0.306 e. The molecule has 0 spiro atoms. The number of carbonyl (C=O) groups is 1. The fourth-order valence-corrected chi connectivity index (χ4v) is 3.09. The first kappa shape index (κ1) is 14.2. The monoisotopic (exact) mass is 305 g/mol. The smallest absolute Gasteiger partial charge is 0.243 e. The maximum Gasteiger partial charge on any atom is 0.243 e. The molecule has 1 aliphatic rings. The number of hydrogen-bond donors (Lipinski definition) is 2. The summed E-state index contributed by atoms with van der Waals surface area (Å²) in [5.41, 5.74) is 2.18. The van der Waals surface area contributed by atoms with Gasteiger partial charge in [-0.1, -0.05) is 0 Å². The number of nitrogens with zero attached hydrogens (tertiary/aromatic N) is 1. The van der Waals surface area contributed by atoms with Gasteiger partial charge in [0.2, 0.25) is 5.91 Å². The van der Waals surface area contributed by atoms with Crippen LogP contribution in [0.25, 0.3) is 11.3 Å². The van der Waals surface area contributed by atoms with Crippen molar-refractivity contribution in [2.75, 3.05) is 11.9 Å². The van der Waals surface area contributed by atoms with Crippen molar-refractivity contribution >= 4 is 22.4 Å². The van der Waals surface area contributed by atoms with Crippen molar-refractivity contribution in [2.24, 2.45) is 0 Å². The van der Waals surface area contributed by atoms with Gasteiger partial charge in [0.05, 0.1) is 11.7 Å². The first-order valence-corrected chi connectivity index (χ1v) is 7.78. The number of nitrogens with one attached hydrogen (secondary N) is 2. The minimum atomic E-state index is -0.227. The van der Waals surface area contributed by atoms with Gasteiger partial charge in [0.1, 0.15) is 5.82 Å². The van der Waals surface area contributed by atoms with Gasteiger partial charge >= 0.3 is 0 Å². The van der Waals surface area contributed by atoms with E-state index in [1.165, 1.54) is 17.4 Å². The van der Waals surface area contributed by atoms with Crippen LogP contribution < -0.4 is 10.6 Å². The summed E-state index contributed by atoms with van der Waals surface area (Å²) in [6.07, 6.45) is 1.89. The Labute approximate surface area is 126 Å². The van der Waals surface area contributed by atoms with E-state index in [0.29, 0.717) is 10.7 Å².